The van der Waals surface area contributed by atoms with Crippen LogP contribution in [-0.4, -0.2) is 43.8 Å². The summed E-state index contributed by atoms with van der Waals surface area (Å²) in [5, 5.41) is 0. The Hall–Kier alpha value is -1.95. The van der Waals surface area contributed by atoms with Crippen LogP contribution in [0.15, 0.2) is 24.7 Å². The molecular weight excluding hydrogens is 254 g/mol. The van der Waals surface area contributed by atoms with Crippen molar-refractivity contribution in [1.29, 1.82) is 0 Å². The second-order valence-corrected chi connectivity index (χ2v) is 5.37. The summed E-state index contributed by atoms with van der Waals surface area (Å²) < 4.78 is 1.76. The lowest BCUT2D eigenvalue weighted by atomic mass is 9.96. The summed E-state index contributed by atoms with van der Waals surface area (Å²) in [7, 11) is 0. The Morgan fingerprint density at radius 2 is 2.35 bits per heavy atom. The summed E-state index contributed by atoms with van der Waals surface area (Å²) in [6, 6.07) is 1.90. The van der Waals surface area contributed by atoms with E-state index in [1.807, 2.05) is 24.1 Å². The van der Waals surface area contributed by atoms with E-state index in [1.165, 1.54) is 0 Å². The number of piperidine rings is 1. The molecule has 1 aliphatic rings. The van der Waals surface area contributed by atoms with E-state index >= 15 is 0 Å². The van der Waals surface area contributed by atoms with E-state index in [-0.39, 0.29) is 18.0 Å². The molecule has 1 aliphatic heterocycles. The van der Waals surface area contributed by atoms with Crippen LogP contribution < -0.4 is 5.73 Å². The van der Waals surface area contributed by atoms with Gasteiger partial charge in [0.15, 0.2) is 0 Å². The third kappa shape index (κ3) is 2.27. The van der Waals surface area contributed by atoms with E-state index in [0.717, 1.165) is 25.8 Å². The molecule has 3 rings (SSSR count). The van der Waals surface area contributed by atoms with Crippen LogP contribution in [0.3, 0.4) is 0 Å². The van der Waals surface area contributed by atoms with Crippen molar-refractivity contribution >= 4 is 11.7 Å². The molecule has 0 radical (unpaired) electrons. The lowest BCUT2D eigenvalue weighted by Gasteiger charge is -2.37. The lowest BCUT2D eigenvalue weighted by Crippen LogP contribution is -2.51. The number of amides is 1. The van der Waals surface area contributed by atoms with E-state index in [0.29, 0.717) is 11.5 Å². The molecule has 0 saturated carbocycles. The SMILES string of the molecule is C[C@@H](N)[C@H]1CCCCN1C(=O)c1cn2cccnc2n1. The van der Waals surface area contributed by atoms with Crippen molar-refractivity contribution in [2.45, 2.75) is 38.3 Å². The standard InChI is InChI=1S/C14H19N5O/c1-10(15)12-5-2-3-8-19(12)13(20)11-9-18-7-4-6-16-14(18)17-11/h4,6-7,9-10,12H,2-3,5,8,15H2,1H3/t10-,12-/m1/s1. The summed E-state index contributed by atoms with van der Waals surface area (Å²) in [5.41, 5.74) is 6.46. The van der Waals surface area contributed by atoms with Gasteiger partial charge in [0.25, 0.3) is 5.91 Å². The van der Waals surface area contributed by atoms with Crippen molar-refractivity contribution in [2.75, 3.05) is 6.54 Å². The Kier molecular flexibility index (Phi) is 3.40. The van der Waals surface area contributed by atoms with Crippen molar-refractivity contribution < 1.29 is 4.79 Å². The number of nitrogens with zero attached hydrogens (tertiary/aromatic N) is 4. The molecule has 1 fully saturated rings. The van der Waals surface area contributed by atoms with Gasteiger partial charge in [0, 0.05) is 37.2 Å². The van der Waals surface area contributed by atoms with E-state index < -0.39 is 0 Å². The van der Waals surface area contributed by atoms with Crippen LogP contribution in [0.25, 0.3) is 5.78 Å². The molecule has 20 heavy (non-hydrogen) atoms. The summed E-state index contributed by atoms with van der Waals surface area (Å²) in [5.74, 6) is 0.503. The van der Waals surface area contributed by atoms with Gasteiger partial charge in [-0.05, 0) is 32.3 Å². The maximum atomic E-state index is 12.7. The van der Waals surface area contributed by atoms with E-state index in [9.17, 15) is 4.79 Å². The molecule has 1 amide bonds. The average Bonchev–Trinajstić information content (AvgIpc) is 2.90. The number of hydrogen-bond donors (Lipinski definition) is 1. The van der Waals surface area contributed by atoms with Gasteiger partial charge >= 0.3 is 0 Å². The van der Waals surface area contributed by atoms with Crippen LogP contribution in [0.4, 0.5) is 0 Å². The van der Waals surface area contributed by atoms with Gasteiger partial charge in [-0.3, -0.25) is 9.20 Å². The van der Waals surface area contributed by atoms with Gasteiger partial charge in [-0.15, -0.1) is 0 Å². The normalized spacial score (nSPS) is 21.1. The van der Waals surface area contributed by atoms with Gasteiger partial charge in [-0.2, -0.15) is 0 Å². The fourth-order valence-corrected chi connectivity index (χ4v) is 2.84. The molecule has 0 unspecified atom stereocenters. The van der Waals surface area contributed by atoms with Crippen LogP contribution in [0.5, 0.6) is 0 Å². The number of imidazole rings is 1. The molecular formula is C14H19N5O. The van der Waals surface area contributed by atoms with Gasteiger partial charge in [-0.1, -0.05) is 0 Å². The highest BCUT2D eigenvalue weighted by atomic mass is 16.2. The molecule has 0 aromatic carbocycles. The zero-order chi connectivity index (χ0) is 14.1. The molecule has 6 heteroatoms. The van der Waals surface area contributed by atoms with E-state index in [2.05, 4.69) is 9.97 Å². The summed E-state index contributed by atoms with van der Waals surface area (Å²) in [6.07, 6.45) is 8.36. The zero-order valence-electron chi connectivity index (χ0n) is 11.6. The topological polar surface area (TPSA) is 76.5 Å². The van der Waals surface area contributed by atoms with Gasteiger partial charge in [0.05, 0.1) is 0 Å². The monoisotopic (exact) mass is 273 g/mol. The number of hydrogen-bond acceptors (Lipinski definition) is 4. The van der Waals surface area contributed by atoms with Crippen LogP contribution in [-0.2, 0) is 0 Å². The molecule has 2 atom stereocenters. The molecule has 0 bridgehead atoms. The molecule has 2 N–H and O–H groups in total. The Morgan fingerprint density at radius 3 is 3.10 bits per heavy atom. The molecule has 3 heterocycles. The quantitative estimate of drug-likeness (QED) is 0.888. The van der Waals surface area contributed by atoms with Gasteiger partial charge in [-0.25, -0.2) is 9.97 Å². The fraction of sp³-hybridized carbons (Fsp3) is 0.500. The number of likely N-dealkylation sites (tertiary alicyclic amines) is 1. The van der Waals surface area contributed by atoms with Crippen molar-refractivity contribution in [3.63, 3.8) is 0 Å². The second kappa shape index (κ2) is 5.20. The largest absolute Gasteiger partial charge is 0.333 e. The van der Waals surface area contributed by atoms with Crippen molar-refractivity contribution in [1.82, 2.24) is 19.3 Å². The highest BCUT2D eigenvalue weighted by Gasteiger charge is 2.30. The molecule has 2 aromatic heterocycles. The summed E-state index contributed by atoms with van der Waals surface area (Å²) in [4.78, 5) is 23.0. The van der Waals surface area contributed by atoms with Gasteiger partial charge < -0.3 is 10.6 Å². The minimum atomic E-state index is -0.0440. The number of aromatic nitrogens is 3. The maximum absolute atomic E-state index is 12.7. The fourth-order valence-electron chi connectivity index (χ4n) is 2.84. The minimum absolute atomic E-state index is 0.0191. The minimum Gasteiger partial charge on any atom is -0.333 e. The first-order valence-electron chi connectivity index (χ1n) is 7.03. The highest BCUT2D eigenvalue weighted by Crippen LogP contribution is 2.21. The maximum Gasteiger partial charge on any atom is 0.274 e. The zero-order valence-corrected chi connectivity index (χ0v) is 11.6. The number of rotatable bonds is 2. The molecule has 2 aromatic rings. The number of carbonyl (C=O) groups excluding carboxylic acids is 1. The first-order chi connectivity index (χ1) is 9.66. The Bertz CT molecular complexity index is 588. The molecule has 0 spiro atoms. The molecule has 0 aliphatic carbocycles. The predicted molar refractivity (Wildman–Crippen MR) is 75.3 cm³/mol. The van der Waals surface area contributed by atoms with Gasteiger partial charge in [0.1, 0.15) is 5.69 Å². The van der Waals surface area contributed by atoms with Crippen LogP contribution in [0, 0.1) is 0 Å². The lowest BCUT2D eigenvalue weighted by molar-refractivity contribution is 0.0578. The third-order valence-electron chi connectivity index (χ3n) is 3.87. The first kappa shape index (κ1) is 13.1. The molecule has 6 nitrogen and oxygen atoms in total. The Morgan fingerprint density at radius 1 is 1.50 bits per heavy atom. The average molecular weight is 273 g/mol. The third-order valence-corrected chi connectivity index (χ3v) is 3.87. The van der Waals surface area contributed by atoms with Crippen molar-refractivity contribution in [3.05, 3.63) is 30.4 Å². The number of fused-ring (bicyclic) bond motifs is 1. The molecule has 106 valence electrons. The first-order valence-corrected chi connectivity index (χ1v) is 7.03. The number of carbonyl (C=O) groups is 1. The van der Waals surface area contributed by atoms with E-state index in [4.69, 9.17) is 5.73 Å². The van der Waals surface area contributed by atoms with Crippen LogP contribution in [0.2, 0.25) is 0 Å². The van der Waals surface area contributed by atoms with Gasteiger partial charge in [0.2, 0.25) is 5.78 Å². The highest BCUT2D eigenvalue weighted by molar-refractivity contribution is 5.93. The smallest absolute Gasteiger partial charge is 0.274 e. The molecule has 1 saturated heterocycles. The van der Waals surface area contributed by atoms with E-state index in [1.54, 1.807) is 16.8 Å². The van der Waals surface area contributed by atoms with Crippen molar-refractivity contribution in [2.24, 2.45) is 5.73 Å². The number of nitrogens with two attached hydrogens (primary N) is 1. The summed E-state index contributed by atoms with van der Waals surface area (Å²) in [6.45, 7) is 2.72. The second-order valence-electron chi connectivity index (χ2n) is 5.37. The van der Waals surface area contributed by atoms with Crippen LogP contribution in [0.1, 0.15) is 36.7 Å². The Balaban J connectivity index is 1.90. The predicted octanol–water partition coefficient (Wildman–Crippen LogP) is 1.07. The summed E-state index contributed by atoms with van der Waals surface area (Å²) >= 11 is 0. The Labute approximate surface area is 117 Å². The van der Waals surface area contributed by atoms with Crippen molar-refractivity contribution in [3.8, 4) is 0 Å². The van der Waals surface area contributed by atoms with Crippen LogP contribution >= 0.6 is 0 Å².